The Balaban J connectivity index is 1.58. The second kappa shape index (κ2) is 7.92. The van der Waals surface area contributed by atoms with Crippen LogP contribution in [0.5, 0.6) is 0 Å². The number of rotatable bonds is 5. The number of aromatic nitrogens is 3. The van der Waals surface area contributed by atoms with Gasteiger partial charge in [0.25, 0.3) is 11.5 Å². The van der Waals surface area contributed by atoms with Gasteiger partial charge in [-0.3, -0.25) is 23.6 Å². The molecule has 1 fully saturated rings. The lowest BCUT2D eigenvalue weighted by atomic mass is 10.2. The van der Waals surface area contributed by atoms with E-state index >= 15 is 0 Å². The third-order valence-electron chi connectivity index (χ3n) is 5.44. The van der Waals surface area contributed by atoms with E-state index in [-0.39, 0.29) is 23.3 Å². The molecule has 3 aromatic heterocycles. The maximum absolute atomic E-state index is 12.8. The molecule has 1 amide bonds. The number of aryl methyl sites for hydroxylation is 1. The van der Waals surface area contributed by atoms with Gasteiger partial charge in [0.05, 0.1) is 11.4 Å². The summed E-state index contributed by atoms with van der Waals surface area (Å²) >= 11 is 1.69. The van der Waals surface area contributed by atoms with Crippen molar-refractivity contribution in [2.45, 2.75) is 18.9 Å². The van der Waals surface area contributed by atoms with Crippen molar-refractivity contribution in [3.05, 3.63) is 61.1 Å². The van der Waals surface area contributed by atoms with Crippen molar-refractivity contribution in [3.8, 4) is 0 Å². The average Bonchev–Trinajstić information content (AvgIpc) is 3.45. The molecule has 0 radical (unpaired) electrons. The molecule has 0 aliphatic carbocycles. The van der Waals surface area contributed by atoms with Gasteiger partial charge in [-0.15, -0.1) is 11.3 Å². The van der Waals surface area contributed by atoms with Crippen LogP contribution in [0.25, 0.3) is 11.0 Å². The highest BCUT2D eigenvalue weighted by Gasteiger charge is 2.25. The highest BCUT2D eigenvalue weighted by molar-refractivity contribution is 7.10. The third-order valence-corrected chi connectivity index (χ3v) is 6.42. The van der Waals surface area contributed by atoms with Crippen LogP contribution in [0.1, 0.15) is 34.2 Å². The predicted octanol–water partition coefficient (Wildman–Crippen LogP) is 1.26. The Labute approximate surface area is 171 Å². The van der Waals surface area contributed by atoms with Crippen LogP contribution >= 0.6 is 11.3 Å². The van der Waals surface area contributed by atoms with Crippen LogP contribution in [0.2, 0.25) is 0 Å². The lowest BCUT2D eigenvalue weighted by Gasteiger charge is -2.26. The van der Waals surface area contributed by atoms with E-state index in [0.717, 1.165) is 17.7 Å². The predicted molar refractivity (Wildman–Crippen MR) is 112 cm³/mol. The first-order valence-corrected chi connectivity index (χ1v) is 10.5. The van der Waals surface area contributed by atoms with E-state index in [4.69, 9.17) is 0 Å². The van der Waals surface area contributed by atoms with Gasteiger partial charge in [0, 0.05) is 25.5 Å². The van der Waals surface area contributed by atoms with Gasteiger partial charge in [0.15, 0.2) is 0 Å². The summed E-state index contributed by atoms with van der Waals surface area (Å²) in [6.45, 7) is 2.53. The second-order valence-corrected chi connectivity index (χ2v) is 8.24. The number of hydrogen-bond donors (Lipinski definition) is 1. The van der Waals surface area contributed by atoms with E-state index in [2.05, 4.69) is 21.3 Å². The molecule has 1 unspecified atom stereocenters. The number of nitrogens with zero attached hydrogens (tertiary/aromatic N) is 4. The van der Waals surface area contributed by atoms with Crippen LogP contribution in [0.3, 0.4) is 0 Å². The fourth-order valence-corrected chi connectivity index (χ4v) is 4.67. The molecule has 1 aliphatic rings. The quantitative estimate of drug-likeness (QED) is 0.680. The molecule has 4 rings (SSSR count). The summed E-state index contributed by atoms with van der Waals surface area (Å²) in [6.07, 6.45) is 2.34. The summed E-state index contributed by atoms with van der Waals surface area (Å²) in [5.41, 5.74) is -0.499. The number of carbonyl (C=O) groups is 1. The Morgan fingerprint density at radius 2 is 1.93 bits per heavy atom. The van der Waals surface area contributed by atoms with Gasteiger partial charge in [-0.05, 0) is 49.5 Å². The Bertz CT molecular complexity index is 1160. The van der Waals surface area contributed by atoms with Crippen LogP contribution < -0.4 is 16.6 Å². The lowest BCUT2D eigenvalue weighted by molar-refractivity contribution is 0.0933. The second-order valence-electron chi connectivity index (χ2n) is 7.26. The molecular formula is C20H23N5O3S. The molecule has 0 aromatic carbocycles. The summed E-state index contributed by atoms with van der Waals surface area (Å²) in [5.74, 6) is -0.319. The minimum atomic E-state index is -0.473. The Hall–Kier alpha value is -2.78. The summed E-state index contributed by atoms with van der Waals surface area (Å²) < 4.78 is 2.32. The van der Waals surface area contributed by atoms with Crippen molar-refractivity contribution in [2.75, 3.05) is 19.6 Å². The Kier molecular flexibility index (Phi) is 5.33. The zero-order chi connectivity index (χ0) is 20.5. The normalized spacial score (nSPS) is 15.7. The largest absolute Gasteiger partial charge is 0.349 e. The molecular weight excluding hydrogens is 390 g/mol. The van der Waals surface area contributed by atoms with Gasteiger partial charge in [0.2, 0.25) is 0 Å². The molecule has 4 heterocycles. The number of hydrogen-bond acceptors (Lipinski definition) is 6. The van der Waals surface area contributed by atoms with Crippen LogP contribution in [0.4, 0.5) is 0 Å². The molecule has 9 heteroatoms. The van der Waals surface area contributed by atoms with Gasteiger partial charge in [-0.2, -0.15) is 0 Å². The minimum Gasteiger partial charge on any atom is -0.349 e. The third kappa shape index (κ3) is 3.63. The van der Waals surface area contributed by atoms with E-state index in [1.165, 1.54) is 35.4 Å². The summed E-state index contributed by atoms with van der Waals surface area (Å²) in [6, 6.07) is 7.34. The molecule has 1 N–H and O–H groups in total. The van der Waals surface area contributed by atoms with E-state index in [1.807, 2.05) is 11.4 Å². The van der Waals surface area contributed by atoms with Crippen molar-refractivity contribution in [1.82, 2.24) is 24.3 Å². The molecule has 0 spiro atoms. The van der Waals surface area contributed by atoms with Gasteiger partial charge < -0.3 is 5.32 Å². The molecule has 152 valence electrons. The first-order chi connectivity index (χ1) is 14.0. The summed E-state index contributed by atoms with van der Waals surface area (Å²) in [4.78, 5) is 45.1. The molecule has 0 bridgehead atoms. The van der Waals surface area contributed by atoms with Crippen molar-refractivity contribution in [1.29, 1.82) is 0 Å². The van der Waals surface area contributed by atoms with Gasteiger partial charge in [-0.1, -0.05) is 6.07 Å². The molecule has 1 atom stereocenters. The number of carbonyl (C=O) groups excluding carboxylic acids is 1. The van der Waals surface area contributed by atoms with E-state index in [1.54, 1.807) is 24.5 Å². The van der Waals surface area contributed by atoms with Crippen molar-refractivity contribution in [2.24, 2.45) is 14.1 Å². The molecule has 8 nitrogen and oxygen atoms in total. The Morgan fingerprint density at radius 1 is 1.17 bits per heavy atom. The lowest BCUT2D eigenvalue weighted by Crippen LogP contribution is -2.38. The monoisotopic (exact) mass is 413 g/mol. The first-order valence-electron chi connectivity index (χ1n) is 9.60. The van der Waals surface area contributed by atoms with E-state index in [9.17, 15) is 14.4 Å². The number of fused-ring (bicyclic) bond motifs is 1. The van der Waals surface area contributed by atoms with E-state index in [0.29, 0.717) is 11.9 Å². The Morgan fingerprint density at radius 3 is 2.62 bits per heavy atom. The average molecular weight is 414 g/mol. The smallest absolute Gasteiger partial charge is 0.332 e. The molecule has 1 aliphatic heterocycles. The van der Waals surface area contributed by atoms with Gasteiger partial charge in [-0.25, -0.2) is 9.78 Å². The maximum atomic E-state index is 12.8. The summed E-state index contributed by atoms with van der Waals surface area (Å²) in [7, 11) is 2.97. The van der Waals surface area contributed by atoms with Crippen molar-refractivity contribution >= 4 is 28.3 Å². The topological polar surface area (TPSA) is 89.2 Å². The number of pyridine rings is 1. The molecule has 0 saturated carbocycles. The SMILES string of the molecule is Cn1c(=O)c2ccc(C(=O)NCC(c3cccs3)N3CCCC3)nc2n(C)c1=O. The van der Waals surface area contributed by atoms with E-state index < -0.39 is 11.2 Å². The van der Waals surface area contributed by atoms with Crippen molar-refractivity contribution in [3.63, 3.8) is 0 Å². The molecule has 1 saturated heterocycles. The van der Waals surface area contributed by atoms with Crippen LogP contribution in [0, 0.1) is 0 Å². The number of thiophene rings is 1. The first kappa shape index (κ1) is 19.5. The highest BCUT2D eigenvalue weighted by Crippen LogP contribution is 2.27. The number of amides is 1. The zero-order valence-corrected chi connectivity index (χ0v) is 17.2. The molecule has 29 heavy (non-hydrogen) atoms. The van der Waals surface area contributed by atoms with Crippen molar-refractivity contribution < 1.29 is 4.79 Å². The standard InChI is InChI=1S/C20H23N5O3S/c1-23-17-13(19(27)24(2)20(23)28)7-8-14(22-17)18(26)21-12-15(16-6-5-11-29-16)25-9-3-4-10-25/h5-8,11,15H,3-4,9-10,12H2,1-2H3,(H,21,26). The van der Waals surface area contributed by atoms with Gasteiger partial charge in [0.1, 0.15) is 11.3 Å². The maximum Gasteiger partial charge on any atom is 0.332 e. The fourth-order valence-electron chi connectivity index (χ4n) is 3.80. The number of nitrogens with one attached hydrogen (secondary N) is 1. The van der Waals surface area contributed by atoms with Gasteiger partial charge >= 0.3 is 5.69 Å². The highest BCUT2D eigenvalue weighted by atomic mass is 32.1. The number of likely N-dealkylation sites (tertiary alicyclic amines) is 1. The fraction of sp³-hybridized carbons (Fsp3) is 0.400. The summed E-state index contributed by atoms with van der Waals surface area (Å²) in [5, 5.41) is 5.33. The van der Waals surface area contributed by atoms with Crippen LogP contribution in [0.15, 0.2) is 39.2 Å². The zero-order valence-electron chi connectivity index (χ0n) is 16.4. The molecule has 3 aromatic rings. The minimum absolute atomic E-state index is 0.138. The van der Waals surface area contributed by atoms with Crippen LogP contribution in [-0.4, -0.2) is 44.6 Å². The van der Waals surface area contributed by atoms with Crippen LogP contribution in [-0.2, 0) is 14.1 Å².